The summed E-state index contributed by atoms with van der Waals surface area (Å²) in [5, 5.41) is 2.57. The third-order valence-electron chi connectivity index (χ3n) is 2.53. The summed E-state index contributed by atoms with van der Waals surface area (Å²) in [5.41, 5.74) is -1.25. The third-order valence-corrected chi connectivity index (χ3v) is 2.91. The Balaban J connectivity index is 2.89. The van der Waals surface area contributed by atoms with Crippen molar-refractivity contribution in [1.29, 1.82) is 0 Å². The van der Waals surface area contributed by atoms with E-state index in [-0.39, 0.29) is 16.4 Å². The molecule has 2 nitrogen and oxygen atoms in total. The largest absolute Gasteiger partial charge is 0.417 e. The molecule has 106 valence electrons. The van der Waals surface area contributed by atoms with E-state index in [1.54, 1.807) is 6.92 Å². The Morgan fingerprint density at radius 2 is 1.89 bits per heavy atom. The Morgan fingerprint density at radius 1 is 1.32 bits per heavy atom. The summed E-state index contributed by atoms with van der Waals surface area (Å²) >= 11 is 3.34. The maximum atomic E-state index is 12.8. The van der Waals surface area contributed by atoms with Gasteiger partial charge < -0.3 is 5.32 Å². The molecule has 0 spiro atoms. The summed E-state index contributed by atoms with van der Waals surface area (Å²) < 4.78 is 38.3. The van der Waals surface area contributed by atoms with Crippen molar-refractivity contribution in [3.63, 3.8) is 0 Å². The first-order valence-electron chi connectivity index (χ1n) is 5.83. The van der Waals surface area contributed by atoms with Gasteiger partial charge in [-0.15, -0.1) is 0 Å². The fourth-order valence-electron chi connectivity index (χ4n) is 1.78. The van der Waals surface area contributed by atoms with Gasteiger partial charge in [0.1, 0.15) is 0 Å². The quantitative estimate of drug-likeness (QED) is 0.826. The second-order valence-corrected chi connectivity index (χ2v) is 6.00. The maximum Gasteiger partial charge on any atom is 0.417 e. The van der Waals surface area contributed by atoms with E-state index in [1.165, 1.54) is 18.2 Å². The molecule has 0 radical (unpaired) electrons. The van der Waals surface area contributed by atoms with Crippen molar-refractivity contribution in [1.82, 2.24) is 5.32 Å². The van der Waals surface area contributed by atoms with E-state index in [0.29, 0.717) is 6.42 Å². The van der Waals surface area contributed by atoms with Crippen LogP contribution in [0.1, 0.15) is 36.2 Å². The molecule has 1 aromatic carbocycles. The van der Waals surface area contributed by atoms with E-state index in [9.17, 15) is 18.0 Å². The van der Waals surface area contributed by atoms with Crippen molar-refractivity contribution in [3.05, 3.63) is 35.4 Å². The minimum atomic E-state index is -4.53. The predicted molar refractivity (Wildman–Crippen MR) is 71.4 cm³/mol. The molecule has 1 N–H and O–H groups in total. The fraction of sp³-hybridized carbons (Fsp3) is 0.462. The van der Waals surface area contributed by atoms with E-state index >= 15 is 0 Å². The molecular formula is C13H15BrF3NO. The minimum absolute atomic E-state index is 0.181. The molecule has 0 aliphatic carbocycles. The highest BCUT2D eigenvalue weighted by Crippen LogP contribution is 2.31. The van der Waals surface area contributed by atoms with Crippen LogP contribution in [0.4, 0.5) is 13.2 Å². The van der Waals surface area contributed by atoms with Gasteiger partial charge in [0, 0.05) is 10.9 Å². The van der Waals surface area contributed by atoms with Crippen LogP contribution in [-0.4, -0.2) is 16.8 Å². The first kappa shape index (κ1) is 16.0. The van der Waals surface area contributed by atoms with Gasteiger partial charge in [0.25, 0.3) is 5.91 Å². The molecule has 0 aromatic heterocycles. The molecule has 2 unspecified atom stereocenters. The van der Waals surface area contributed by atoms with Crippen molar-refractivity contribution < 1.29 is 18.0 Å². The maximum absolute atomic E-state index is 12.8. The lowest BCUT2D eigenvalue weighted by molar-refractivity contribution is -0.137. The Labute approximate surface area is 118 Å². The van der Waals surface area contributed by atoms with E-state index < -0.39 is 17.6 Å². The molecular weight excluding hydrogens is 323 g/mol. The van der Waals surface area contributed by atoms with Gasteiger partial charge in [0.2, 0.25) is 0 Å². The minimum Gasteiger partial charge on any atom is -0.350 e. The summed E-state index contributed by atoms with van der Waals surface area (Å²) in [5.74, 6) is -0.700. The molecule has 1 amide bonds. The van der Waals surface area contributed by atoms with E-state index in [2.05, 4.69) is 21.2 Å². The standard InChI is InChI=1S/C13H15BrF3NO/c1-8(14)7-9(2)18-12(19)10-5-3-4-6-11(10)13(15,16)17/h3-6,8-9H,7H2,1-2H3,(H,18,19). The topological polar surface area (TPSA) is 29.1 Å². The molecule has 0 heterocycles. The smallest absolute Gasteiger partial charge is 0.350 e. The number of alkyl halides is 4. The third kappa shape index (κ3) is 4.86. The lowest BCUT2D eigenvalue weighted by atomic mass is 10.1. The van der Waals surface area contributed by atoms with Gasteiger partial charge in [-0.05, 0) is 25.5 Å². The highest BCUT2D eigenvalue weighted by molar-refractivity contribution is 9.09. The molecule has 0 aliphatic rings. The Bertz CT molecular complexity index is 446. The number of carbonyl (C=O) groups excluding carboxylic acids is 1. The highest BCUT2D eigenvalue weighted by atomic mass is 79.9. The summed E-state index contributed by atoms with van der Waals surface area (Å²) in [7, 11) is 0. The van der Waals surface area contributed by atoms with E-state index in [1.807, 2.05) is 6.92 Å². The lowest BCUT2D eigenvalue weighted by Crippen LogP contribution is -2.35. The van der Waals surface area contributed by atoms with Crippen LogP contribution in [0, 0.1) is 0 Å². The summed E-state index contributed by atoms with van der Waals surface area (Å²) in [6, 6.07) is 4.57. The van der Waals surface area contributed by atoms with Gasteiger partial charge in [0.15, 0.2) is 0 Å². The Hall–Kier alpha value is -1.04. The molecule has 6 heteroatoms. The zero-order valence-corrected chi connectivity index (χ0v) is 12.2. The summed E-state index contributed by atoms with van der Waals surface area (Å²) in [6.45, 7) is 3.66. The molecule has 0 saturated heterocycles. The SMILES string of the molecule is CC(Br)CC(C)NC(=O)c1ccccc1C(F)(F)F. The average molecular weight is 338 g/mol. The van der Waals surface area contributed by atoms with E-state index in [4.69, 9.17) is 0 Å². The number of hydrogen-bond donors (Lipinski definition) is 1. The van der Waals surface area contributed by atoms with Crippen LogP contribution in [0.3, 0.4) is 0 Å². The molecule has 0 bridgehead atoms. The summed E-state index contributed by atoms with van der Waals surface area (Å²) in [6.07, 6.45) is -3.89. The zero-order chi connectivity index (χ0) is 14.6. The van der Waals surface area contributed by atoms with E-state index in [0.717, 1.165) is 6.07 Å². The average Bonchev–Trinajstić information content (AvgIpc) is 2.26. The molecule has 0 aliphatic heterocycles. The monoisotopic (exact) mass is 337 g/mol. The van der Waals surface area contributed by atoms with Crippen molar-refractivity contribution in [2.75, 3.05) is 0 Å². The predicted octanol–water partition coefficient (Wildman–Crippen LogP) is 4.00. The van der Waals surface area contributed by atoms with Gasteiger partial charge in [-0.25, -0.2) is 0 Å². The van der Waals surface area contributed by atoms with Crippen LogP contribution in [0.2, 0.25) is 0 Å². The lowest BCUT2D eigenvalue weighted by Gasteiger charge is -2.17. The number of halogens is 4. The van der Waals surface area contributed by atoms with Gasteiger partial charge in [-0.3, -0.25) is 4.79 Å². The molecule has 1 aromatic rings. The van der Waals surface area contributed by atoms with Gasteiger partial charge in [-0.1, -0.05) is 35.0 Å². The van der Waals surface area contributed by atoms with Gasteiger partial charge in [-0.2, -0.15) is 13.2 Å². The number of carbonyl (C=O) groups is 1. The first-order valence-corrected chi connectivity index (χ1v) is 6.74. The fourth-order valence-corrected chi connectivity index (χ4v) is 2.34. The number of nitrogens with one attached hydrogen (secondary N) is 1. The van der Waals surface area contributed by atoms with Crippen molar-refractivity contribution >= 4 is 21.8 Å². The normalized spacial score (nSPS) is 14.8. The molecule has 1 rings (SSSR count). The van der Waals surface area contributed by atoms with Crippen LogP contribution < -0.4 is 5.32 Å². The second kappa shape index (κ2) is 6.41. The number of benzene rings is 1. The van der Waals surface area contributed by atoms with Crippen molar-refractivity contribution in [3.8, 4) is 0 Å². The molecule has 2 atom stereocenters. The molecule has 19 heavy (non-hydrogen) atoms. The van der Waals surface area contributed by atoms with Gasteiger partial charge in [0.05, 0.1) is 11.1 Å². The second-order valence-electron chi connectivity index (χ2n) is 4.43. The van der Waals surface area contributed by atoms with Crippen molar-refractivity contribution in [2.45, 2.75) is 37.3 Å². The van der Waals surface area contributed by atoms with Crippen LogP contribution in [-0.2, 0) is 6.18 Å². The van der Waals surface area contributed by atoms with Crippen LogP contribution >= 0.6 is 15.9 Å². The summed E-state index contributed by atoms with van der Waals surface area (Å²) in [4.78, 5) is 12.1. The Morgan fingerprint density at radius 3 is 2.42 bits per heavy atom. The first-order chi connectivity index (χ1) is 8.71. The van der Waals surface area contributed by atoms with Crippen LogP contribution in [0.25, 0.3) is 0 Å². The van der Waals surface area contributed by atoms with Gasteiger partial charge >= 0.3 is 6.18 Å². The van der Waals surface area contributed by atoms with Crippen molar-refractivity contribution in [2.24, 2.45) is 0 Å². The van der Waals surface area contributed by atoms with Crippen LogP contribution in [0.5, 0.6) is 0 Å². The highest BCUT2D eigenvalue weighted by Gasteiger charge is 2.34. The number of rotatable bonds is 4. The Kier molecular flexibility index (Phi) is 5.40. The molecule has 0 fully saturated rings. The van der Waals surface area contributed by atoms with Crippen LogP contribution in [0.15, 0.2) is 24.3 Å². The molecule has 0 saturated carbocycles. The zero-order valence-electron chi connectivity index (χ0n) is 10.6. The number of amides is 1. The number of hydrogen-bond acceptors (Lipinski definition) is 1.